The molecular weight excluding hydrogens is 172 g/mol. The highest BCUT2D eigenvalue weighted by atomic mass is 16.5. The first-order chi connectivity index (χ1) is 6.63. The number of rotatable bonds is 3. The summed E-state index contributed by atoms with van der Waals surface area (Å²) in [7, 11) is 0. The van der Waals surface area contributed by atoms with Crippen LogP contribution >= 0.6 is 0 Å². The van der Waals surface area contributed by atoms with Crippen LogP contribution in [0.25, 0.3) is 0 Å². The summed E-state index contributed by atoms with van der Waals surface area (Å²) in [4.78, 5) is 0. The predicted octanol–water partition coefficient (Wildman–Crippen LogP) is 4.00. The molecule has 1 aromatic carbocycles. The zero-order chi connectivity index (χ0) is 10.6. The fourth-order valence-electron chi connectivity index (χ4n) is 1.34. The lowest BCUT2D eigenvalue weighted by atomic mass is 10.1. The van der Waals surface area contributed by atoms with E-state index in [1.165, 1.54) is 11.1 Å². The van der Waals surface area contributed by atoms with E-state index >= 15 is 0 Å². The zero-order valence-electron chi connectivity index (χ0n) is 9.37. The Morgan fingerprint density at radius 1 is 1.43 bits per heavy atom. The van der Waals surface area contributed by atoms with Crippen LogP contribution in [-0.2, 0) is 4.74 Å². The minimum absolute atomic E-state index is 0.131. The number of allylic oxidation sites excluding steroid dienone is 2. The molecule has 0 aliphatic heterocycles. The third kappa shape index (κ3) is 2.91. The summed E-state index contributed by atoms with van der Waals surface area (Å²) in [5.41, 5.74) is 2.50. The smallest absolute Gasteiger partial charge is 0.120 e. The maximum Gasteiger partial charge on any atom is 0.120 e. The molecule has 1 aromatic rings. The average Bonchev–Trinajstić information content (AvgIpc) is 2.17. The van der Waals surface area contributed by atoms with E-state index in [2.05, 4.69) is 38.1 Å². The van der Waals surface area contributed by atoms with Crippen molar-refractivity contribution in [3.05, 3.63) is 47.2 Å². The maximum atomic E-state index is 5.70. The summed E-state index contributed by atoms with van der Waals surface area (Å²) in [6.45, 7) is 8.13. The Balaban J connectivity index is 2.74. The number of aryl methyl sites for hydroxylation is 1. The van der Waals surface area contributed by atoms with Gasteiger partial charge in [0.25, 0.3) is 0 Å². The minimum Gasteiger partial charge on any atom is -0.491 e. The van der Waals surface area contributed by atoms with Crippen molar-refractivity contribution in [3.8, 4) is 0 Å². The average molecular weight is 190 g/mol. The zero-order valence-corrected chi connectivity index (χ0v) is 9.37. The molecule has 0 N–H and O–H groups in total. The molecule has 0 fully saturated rings. The molecule has 0 saturated heterocycles. The van der Waals surface area contributed by atoms with E-state index in [0.717, 1.165) is 5.76 Å². The molecule has 1 unspecified atom stereocenters. The highest BCUT2D eigenvalue weighted by molar-refractivity contribution is 5.24. The Morgan fingerprint density at radius 3 is 2.71 bits per heavy atom. The Kier molecular flexibility index (Phi) is 3.75. The molecule has 1 rings (SSSR count). The summed E-state index contributed by atoms with van der Waals surface area (Å²) in [5, 5.41) is 0. The van der Waals surface area contributed by atoms with Crippen molar-refractivity contribution < 1.29 is 4.74 Å². The topological polar surface area (TPSA) is 9.23 Å². The van der Waals surface area contributed by atoms with Crippen LogP contribution in [0.2, 0.25) is 0 Å². The van der Waals surface area contributed by atoms with Crippen molar-refractivity contribution in [2.24, 2.45) is 0 Å². The van der Waals surface area contributed by atoms with Crippen molar-refractivity contribution in [2.45, 2.75) is 33.8 Å². The van der Waals surface area contributed by atoms with E-state index in [1.54, 1.807) is 0 Å². The van der Waals surface area contributed by atoms with Gasteiger partial charge in [-0.25, -0.2) is 0 Å². The summed E-state index contributed by atoms with van der Waals surface area (Å²) in [6.07, 6.45) is 2.11. The molecule has 0 heterocycles. The van der Waals surface area contributed by atoms with Crippen LogP contribution in [0, 0.1) is 6.92 Å². The summed E-state index contributed by atoms with van der Waals surface area (Å²) < 4.78 is 5.70. The molecule has 14 heavy (non-hydrogen) atoms. The van der Waals surface area contributed by atoms with Gasteiger partial charge in [0.1, 0.15) is 6.10 Å². The lowest BCUT2D eigenvalue weighted by Crippen LogP contribution is -1.98. The summed E-state index contributed by atoms with van der Waals surface area (Å²) >= 11 is 0. The Hall–Kier alpha value is -1.24. The van der Waals surface area contributed by atoms with Gasteiger partial charge in [-0.2, -0.15) is 0 Å². The van der Waals surface area contributed by atoms with Gasteiger partial charge in [0.15, 0.2) is 0 Å². The number of benzene rings is 1. The standard InChI is InChI=1S/C13H18O/c1-5-11(3)14-12(4)13-8-6-7-10(2)9-13/h5-9,12H,1-4H3/b11-5+. The lowest BCUT2D eigenvalue weighted by molar-refractivity contribution is 0.134. The molecule has 0 bridgehead atoms. The fraction of sp³-hybridized carbons (Fsp3) is 0.385. The SMILES string of the molecule is C/C=C(\C)OC(C)c1cccc(C)c1. The van der Waals surface area contributed by atoms with Gasteiger partial charge in [-0.1, -0.05) is 29.8 Å². The molecule has 0 aliphatic rings. The molecule has 1 heteroatoms. The van der Waals surface area contributed by atoms with Gasteiger partial charge >= 0.3 is 0 Å². The van der Waals surface area contributed by atoms with Crippen molar-refractivity contribution in [1.82, 2.24) is 0 Å². The first-order valence-electron chi connectivity index (χ1n) is 4.99. The Bertz CT molecular complexity index is 326. The molecule has 1 nitrogen and oxygen atoms in total. The van der Waals surface area contributed by atoms with Crippen LogP contribution in [0.3, 0.4) is 0 Å². The molecule has 0 aromatic heterocycles. The molecule has 0 radical (unpaired) electrons. The van der Waals surface area contributed by atoms with Crippen LogP contribution in [0.5, 0.6) is 0 Å². The van der Waals surface area contributed by atoms with Crippen LogP contribution in [0.15, 0.2) is 36.1 Å². The van der Waals surface area contributed by atoms with Gasteiger partial charge in [0.05, 0.1) is 5.76 Å². The third-order valence-corrected chi connectivity index (χ3v) is 2.28. The monoisotopic (exact) mass is 190 g/mol. The molecule has 0 spiro atoms. The van der Waals surface area contributed by atoms with Crippen LogP contribution in [0.4, 0.5) is 0 Å². The second kappa shape index (κ2) is 4.85. The number of ether oxygens (including phenoxy) is 1. The summed E-state index contributed by atoms with van der Waals surface area (Å²) in [6, 6.07) is 8.42. The van der Waals surface area contributed by atoms with Crippen molar-refractivity contribution >= 4 is 0 Å². The molecule has 0 aliphatic carbocycles. The van der Waals surface area contributed by atoms with Crippen LogP contribution in [0.1, 0.15) is 38.0 Å². The van der Waals surface area contributed by atoms with Crippen molar-refractivity contribution in [1.29, 1.82) is 0 Å². The van der Waals surface area contributed by atoms with Gasteiger partial charge in [-0.3, -0.25) is 0 Å². The van der Waals surface area contributed by atoms with E-state index < -0.39 is 0 Å². The Morgan fingerprint density at radius 2 is 2.14 bits per heavy atom. The van der Waals surface area contributed by atoms with E-state index in [4.69, 9.17) is 4.74 Å². The fourth-order valence-corrected chi connectivity index (χ4v) is 1.34. The second-order valence-corrected chi connectivity index (χ2v) is 3.57. The minimum atomic E-state index is 0.131. The largest absolute Gasteiger partial charge is 0.491 e. The van der Waals surface area contributed by atoms with E-state index in [0.29, 0.717) is 0 Å². The van der Waals surface area contributed by atoms with Gasteiger partial charge in [-0.05, 0) is 39.3 Å². The molecule has 0 saturated carbocycles. The first-order valence-corrected chi connectivity index (χ1v) is 4.99. The molecule has 1 atom stereocenters. The normalized spacial score (nSPS) is 13.9. The Labute approximate surface area is 86.4 Å². The second-order valence-electron chi connectivity index (χ2n) is 3.57. The quantitative estimate of drug-likeness (QED) is 0.655. The van der Waals surface area contributed by atoms with Crippen molar-refractivity contribution in [2.75, 3.05) is 0 Å². The maximum absolute atomic E-state index is 5.70. The highest BCUT2D eigenvalue weighted by Gasteiger charge is 2.05. The number of hydrogen-bond donors (Lipinski definition) is 0. The van der Waals surface area contributed by atoms with Gasteiger partial charge < -0.3 is 4.74 Å². The van der Waals surface area contributed by atoms with E-state index in [-0.39, 0.29) is 6.10 Å². The number of hydrogen-bond acceptors (Lipinski definition) is 1. The first kappa shape index (κ1) is 10.8. The third-order valence-electron chi connectivity index (χ3n) is 2.28. The van der Waals surface area contributed by atoms with Crippen molar-refractivity contribution in [3.63, 3.8) is 0 Å². The lowest BCUT2D eigenvalue weighted by Gasteiger charge is -2.15. The predicted molar refractivity (Wildman–Crippen MR) is 60.1 cm³/mol. The van der Waals surface area contributed by atoms with Crippen LogP contribution in [-0.4, -0.2) is 0 Å². The van der Waals surface area contributed by atoms with Gasteiger partial charge in [0.2, 0.25) is 0 Å². The summed E-state index contributed by atoms with van der Waals surface area (Å²) in [5.74, 6) is 0.971. The van der Waals surface area contributed by atoms with Gasteiger partial charge in [0, 0.05) is 0 Å². The highest BCUT2D eigenvalue weighted by Crippen LogP contribution is 2.20. The molecular formula is C13H18O. The molecule has 0 amide bonds. The van der Waals surface area contributed by atoms with Crippen LogP contribution < -0.4 is 0 Å². The van der Waals surface area contributed by atoms with E-state index in [1.807, 2.05) is 19.9 Å². The van der Waals surface area contributed by atoms with E-state index in [9.17, 15) is 0 Å². The molecule has 76 valence electrons. The van der Waals surface area contributed by atoms with Gasteiger partial charge in [-0.15, -0.1) is 0 Å².